The molecule has 0 unspecified atom stereocenters. The fourth-order valence-corrected chi connectivity index (χ4v) is 6.50. The summed E-state index contributed by atoms with van der Waals surface area (Å²) < 4.78 is 0. The number of benzene rings is 3. The molecule has 0 aliphatic heterocycles. The number of primary amides is 2. The number of fused-ring (bicyclic) bond motifs is 3. The van der Waals surface area contributed by atoms with Crippen molar-refractivity contribution in [3.63, 3.8) is 0 Å². The van der Waals surface area contributed by atoms with E-state index in [1.165, 1.54) is 0 Å². The molecule has 0 bridgehead atoms. The molecule has 9 aromatic rings. The number of hydrogen-bond acceptors (Lipinski definition) is 6. The number of aromatic amines is 3. The Kier molecular flexibility index (Phi) is 12.0. The van der Waals surface area contributed by atoms with Crippen molar-refractivity contribution < 1.29 is 9.59 Å². The maximum Gasteiger partial charge on any atom is 0.249 e. The molecule has 6 heterocycles. The van der Waals surface area contributed by atoms with Crippen LogP contribution in [-0.4, -0.2) is 41.7 Å². The molecule has 0 fully saturated rings. The van der Waals surface area contributed by atoms with Crippen molar-refractivity contribution >= 4 is 79.5 Å². The van der Waals surface area contributed by atoms with Crippen LogP contribution in [-0.2, 0) is 9.59 Å². The minimum absolute atomic E-state index is 0.460. The molecule has 6 aromatic heterocycles. The topological polar surface area (TPSA) is 196 Å². The lowest BCUT2D eigenvalue weighted by Crippen LogP contribution is -2.12. The van der Waals surface area contributed by atoms with Gasteiger partial charge in [-0.1, -0.05) is 72.8 Å². The number of aromatic nitrogens is 6. The third-order valence-electron chi connectivity index (χ3n) is 9.28. The van der Waals surface area contributed by atoms with Crippen molar-refractivity contribution in [2.75, 3.05) is 0 Å². The zero-order chi connectivity index (χ0) is 41.0. The van der Waals surface area contributed by atoms with Gasteiger partial charge in [0.2, 0.25) is 11.8 Å². The second kappa shape index (κ2) is 18.3. The van der Waals surface area contributed by atoms with Crippen LogP contribution >= 0.6 is 0 Å². The predicted octanol–water partition coefficient (Wildman–Crippen LogP) is 8.80. The largest absolute Gasteiger partial charge is 0.366 e. The van der Waals surface area contributed by atoms with E-state index in [1.807, 2.05) is 121 Å². The van der Waals surface area contributed by atoms with E-state index in [-0.39, 0.29) is 0 Å². The van der Waals surface area contributed by atoms with Crippen molar-refractivity contribution in [3.8, 4) is 6.07 Å². The normalized spacial score (nSPS) is 11.6. The molecule has 2 amide bonds. The lowest BCUT2D eigenvalue weighted by molar-refractivity contribution is -0.113. The van der Waals surface area contributed by atoms with Crippen LogP contribution in [0.25, 0.3) is 67.7 Å². The third kappa shape index (κ3) is 9.27. The third-order valence-corrected chi connectivity index (χ3v) is 9.28. The Morgan fingerprint density at radius 2 is 0.847 bits per heavy atom. The van der Waals surface area contributed by atoms with E-state index in [2.05, 4.69) is 36.0 Å². The monoisotopic (exact) mass is 771 g/mol. The number of nitrogens with two attached hydrogens (primary N) is 2. The number of rotatable bonds is 8. The van der Waals surface area contributed by atoms with Crippen molar-refractivity contribution in [1.29, 1.82) is 5.26 Å². The lowest BCUT2D eigenvalue weighted by atomic mass is 10.0. The van der Waals surface area contributed by atoms with Gasteiger partial charge in [0.25, 0.3) is 0 Å². The lowest BCUT2D eigenvalue weighted by Gasteiger charge is -2.02. The fourth-order valence-electron chi connectivity index (χ4n) is 6.50. The number of amides is 2. The van der Waals surface area contributed by atoms with Gasteiger partial charge in [0.05, 0.1) is 11.6 Å². The van der Waals surface area contributed by atoms with Crippen molar-refractivity contribution in [1.82, 2.24) is 29.9 Å². The van der Waals surface area contributed by atoms with Crippen LogP contribution in [0.2, 0.25) is 0 Å². The number of H-pyrrole nitrogens is 3. The van der Waals surface area contributed by atoms with E-state index in [4.69, 9.17) is 11.5 Å². The Morgan fingerprint density at radius 3 is 1.20 bits per heavy atom. The Hall–Kier alpha value is -8.62. The molecule has 7 N–H and O–H groups in total. The van der Waals surface area contributed by atoms with Crippen LogP contribution in [0.5, 0.6) is 0 Å². The SMILES string of the molecule is N#C/C(=C\c1cccnc1)c1c[nH]c2ccccc12.NC(=O)/C(=C/c1cccnc1)c1c[nH]c2ccccc12.NC(=O)/C(=C\c1cccnc1)c1c[nH]c2ccccc12. The second-order valence-electron chi connectivity index (χ2n) is 13.1. The number of allylic oxidation sites excluding steroid dienone is 1. The Bertz CT molecular complexity index is 2870. The molecule has 0 spiro atoms. The summed E-state index contributed by atoms with van der Waals surface area (Å²) >= 11 is 0. The number of hydrogen-bond donors (Lipinski definition) is 5. The first-order valence-corrected chi connectivity index (χ1v) is 18.4. The van der Waals surface area contributed by atoms with Gasteiger partial charge in [-0.2, -0.15) is 5.26 Å². The molecule has 0 saturated carbocycles. The van der Waals surface area contributed by atoms with Crippen LogP contribution in [0.3, 0.4) is 0 Å². The summed E-state index contributed by atoms with van der Waals surface area (Å²) in [6.07, 6.45) is 21.1. The van der Waals surface area contributed by atoms with E-state index in [0.29, 0.717) is 16.7 Å². The van der Waals surface area contributed by atoms with Gasteiger partial charge in [0, 0.05) is 116 Å². The highest BCUT2D eigenvalue weighted by Gasteiger charge is 2.15. The smallest absolute Gasteiger partial charge is 0.249 e. The summed E-state index contributed by atoms with van der Waals surface area (Å²) in [5.74, 6) is -0.919. The van der Waals surface area contributed by atoms with E-state index >= 15 is 0 Å². The average molecular weight is 772 g/mol. The molecule has 11 heteroatoms. The maximum absolute atomic E-state index is 11.8. The van der Waals surface area contributed by atoms with Gasteiger partial charge in [-0.3, -0.25) is 24.5 Å². The number of pyridine rings is 3. The van der Waals surface area contributed by atoms with Crippen molar-refractivity contribution in [3.05, 3.63) is 198 Å². The van der Waals surface area contributed by atoms with Crippen LogP contribution < -0.4 is 11.5 Å². The minimum Gasteiger partial charge on any atom is -0.366 e. The van der Waals surface area contributed by atoms with Gasteiger partial charge in [0.15, 0.2) is 0 Å². The molecule has 0 atom stereocenters. The molecule has 286 valence electrons. The highest BCUT2D eigenvalue weighted by atomic mass is 16.1. The first-order valence-electron chi connectivity index (χ1n) is 18.4. The van der Waals surface area contributed by atoms with Gasteiger partial charge < -0.3 is 26.4 Å². The number of carbonyl (C=O) groups is 2. The molecule has 59 heavy (non-hydrogen) atoms. The van der Waals surface area contributed by atoms with E-state index < -0.39 is 11.8 Å². The van der Waals surface area contributed by atoms with Gasteiger partial charge in [0.1, 0.15) is 0 Å². The summed E-state index contributed by atoms with van der Waals surface area (Å²) in [5, 5.41) is 12.4. The molecule has 11 nitrogen and oxygen atoms in total. The molecule has 3 aromatic carbocycles. The Balaban J connectivity index is 0.000000134. The number of nitrogens with zero attached hydrogens (tertiary/aromatic N) is 4. The number of nitriles is 1. The van der Waals surface area contributed by atoms with E-state index in [9.17, 15) is 14.9 Å². The highest BCUT2D eigenvalue weighted by Crippen LogP contribution is 2.28. The predicted molar refractivity (Wildman–Crippen MR) is 235 cm³/mol. The Morgan fingerprint density at radius 1 is 0.492 bits per heavy atom. The highest BCUT2D eigenvalue weighted by molar-refractivity contribution is 6.27. The molecular formula is C48H37N9O2. The zero-order valence-corrected chi connectivity index (χ0v) is 31.6. The van der Waals surface area contributed by atoms with Gasteiger partial charge in [-0.25, -0.2) is 0 Å². The van der Waals surface area contributed by atoms with Crippen LogP contribution in [0.15, 0.2) is 165 Å². The number of carbonyl (C=O) groups excluding carboxylic acids is 2. The van der Waals surface area contributed by atoms with Crippen LogP contribution in [0, 0.1) is 11.3 Å². The first kappa shape index (κ1) is 38.6. The van der Waals surface area contributed by atoms with Gasteiger partial charge >= 0.3 is 0 Å². The molecule has 0 saturated heterocycles. The summed E-state index contributed by atoms with van der Waals surface area (Å²) in [6, 6.07) is 37.0. The first-order chi connectivity index (χ1) is 28.9. The molecule has 0 radical (unpaired) electrons. The van der Waals surface area contributed by atoms with Crippen molar-refractivity contribution in [2.45, 2.75) is 0 Å². The standard InChI is InChI=1S/2C16H13N3O.C16H11N3/c2*17-16(20)13(8-11-4-3-7-18-9-11)14-10-19-15-6-2-1-5-12(14)15;17-9-13(8-12-4-3-7-18-10-12)15-11-19-16-6-2-1-5-14(15)16/h2*1-10,19H,(H2,17,20);1-8,10-11,19H/b13-8+;13-8-;13-8+. The van der Waals surface area contributed by atoms with Crippen molar-refractivity contribution in [2.24, 2.45) is 11.5 Å². The van der Waals surface area contributed by atoms with Crippen LogP contribution in [0.4, 0.5) is 0 Å². The summed E-state index contributed by atoms with van der Waals surface area (Å²) in [5.41, 5.74) is 20.7. The van der Waals surface area contributed by atoms with E-state index in [0.717, 1.165) is 66.1 Å². The second-order valence-corrected chi connectivity index (χ2v) is 13.1. The summed E-state index contributed by atoms with van der Waals surface area (Å²) in [6.45, 7) is 0. The fraction of sp³-hybridized carbons (Fsp3) is 0. The number of nitrogens with one attached hydrogen (secondary N) is 3. The number of para-hydroxylation sites is 3. The quantitative estimate of drug-likeness (QED) is 0.0756. The molecule has 9 rings (SSSR count). The maximum atomic E-state index is 11.8. The zero-order valence-electron chi connectivity index (χ0n) is 31.6. The Labute approximate surface area is 339 Å². The van der Waals surface area contributed by atoms with Gasteiger partial charge in [-0.15, -0.1) is 0 Å². The minimum atomic E-state index is -0.460. The molecule has 0 aliphatic carbocycles. The van der Waals surface area contributed by atoms with E-state index in [1.54, 1.807) is 61.7 Å². The van der Waals surface area contributed by atoms with Gasteiger partial charge in [-0.05, 0) is 71.3 Å². The molecule has 0 aliphatic rings. The summed E-state index contributed by atoms with van der Waals surface area (Å²) in [4.78, 5) is 45.1. The summed E-state index contributed by atoms with van der Waals surface area (Å²) in [7, 11) is 0. The average Bonchev–Trinajstić information content (AvgIpc) is 4.03. The molecular weight excluding hydrogens is 735 g/mol. The van der Waals surface area contributed by atoms with Crippen LogP contribution in [0.1, 0.15) is 33.4 Å².